The molecule has 4 aromatic rings. The minimum atomic E-state index is -1.67. The largest absolute Gasteiger partial charge is 0.496 e. The van der Waals surface area contributed by atoms with E-state index in [4.69, 9.17) is 23.7 Å². The summed E-state index contributed by atoms with van der Waals surface area (Å²) in [7, 11) is 6.40. The summed E-state index contributed by atoms with van der Waals surface area (Å²) in [6, 6.07) is 12.5. The molecule has 0 amide bonds. The first-order valence-corrected chi connectivity index (χ1v) is 23.8. The van der Waals surface area contributed by atoms with Gasteiger partial charge in [0.15, 0.2) is 11.8 Å². The number of aromatic amines is 1. The normalized spacial score (nSPS) is 36.7. The Labute approximate surface area is 377 Å². The molecule has 10 atom stereocenters. The number of nitrogens with one attached hydrogen (secondary N) is 1. The third-order valence-electron chi connectivity index (χ3n) is 17.0. The predicted octanol–water partition coefficient (Wildman–Crippen LogP) is 6.09. The van der Waals surface area contributed by atoms with E-state index in [1.54, 1.807) is 18.4 Å². The van der Waals surface area contributed by atoms with Crippen molar-refractivity contribution < 1.29 is 43.2 Å². The molecule has 64 heavy (non-hydrogen) atoms. The predicted molar refractivity (Wildman–Crippen MR) is 242 cm³/mol. The highest BCUT2D eigenvalue weighted by Crippen LogP contribution is 2.80. The Kier molecular flexibility index (Phi) is 9.26. The van der Waals surface area contributed by atoms with Crippen LogP contribution in [0.3, 0.4) is 0 Å². The van der Waals surface area contributed by atoms with Crippen molar-refractivity contribution in [3.63, 3.8) is 0 Å². The molecule has 338 valence electrons. The standard InChI is InChI=1S/C50H58N4O9S/c1-8-45(58)24-30-25-47(43(56)60-6,40-33(13-18-53(26-30)28-45)34-21-31(11-12-37(34)51-40)32-14-20-64-27-32)36-22-35-38(23-39(36)59-5)52(4)50-48(35)16-19-54-17-10-15-46(9-2,41(48)54)42(62-29(3)55)49(50,63-50)44(57)61-7/h10-12,14-15,20-23,27,30,41-42,51,58H,8-9,13,16-19,24-26,28H2,1-7H3/t30-,41+,42-,45+,46-,47+,48-,49+,50+/m1/s1. The van der Waals surface area contributed by atoms with Crippen LogP contribution in [0.2, 0.25) is 0 Å². The van der Waals surface area contributed by atoms with Gasteiger partial charge in [-0.05, 0) is 108 Å². The van der Waals surface area contributed by atoms with E-state index in [1.165, 1.54) is 21.1 Å². The van der Waals surface area contributed by atoms with Crippen LogP contribution in [0.15, 0.2) is 59.3 Å². The van der Waals surface area contributed by atoms with E-state index in [0.29, 0.717) is 82.6 Å². The fourth-order valence-electron chi connectivity index (χ4n) is 14.5. The van der Waals surface area contributed by atoms with Gasteiger partial charge in [0.2, 0.25) is 0 Å². The number of hydrogen-bond acceptors (Lipinski definition) is 13. The molecule has 4 fully saturated rings. The van der Waals surface area contributed by atoms with E-state index in [9.17, 15) is 14.7 Å². The van der Waals surface area contributed by atoms with Crippen molar-refractivity contribution in [2.24, 2.45) is 11.3 Å². The third-order valence-corrected chi connectivity index (χ3v) is 17.7. The molecule has 2 aromatic carbocycles. The average Bonchev–Trinajstić information content (AvgIpc) is 3.74. The molecule has 1 unspecified atom stereocenters. The summed E-state index contributed by atoms with van der Waals surface area (Å²) in [6.07, 6.45) is 6.57. The van der Waals surface area contributed by atoms with Gasteiger partial charge in [0, 0.05) is 85.5 Å². The third kappa shape index (κ3) is 5.01. The van der Waals surface area contributed by atoms with E-state index < -0.39 is 57.2 Å². The Hall–Kier alpha value is -4.73. The van der Waals surface area contributed by atoms with Gasteiger partial charge in [0.05, 0.1) is 32.3 Å². The SMILES string of the molecule is CC[C@]1(O)C[C@H]2CN(CCc3c([nH]c4ccc(-c5ccsc5)cc34)[C@@](C(=O)OC)(c3cc4c(cc3OC)N(C)[C@@]35O[C@]3(C(=O)OC)[C@H](OC(C)=O)[C@]3(CC)C=CCN6CC[C@]45[C@@H]63)C2)C1. The fourth-order valence-corrected chi connectivity index (χ4v) is 15.2. The first-order chi connectivity index (χ1) is 30.8. The molecule has 7 aliphatic rings. The summed E-state index contributed by atoms with van der Waals surface area (Å²) in [5, 5.41) is 17.4. The number of aliphatic hydroxyl groups is 1. The summed E-state index contributed by atoms with van der Waals surface area (Å²) in [5.41, 5.74) is 0.320. The van der Waals surface area contributed by atoms with Crippen molar-refractivity contribution in [3.05, 3.63) is 81.7 Å². The number of fused-ring (bicyclic) bond motifs is 6. The zero-order valence-electron chi connectivity index (χ0n) is 37.7. The summed E-state index contributed by atoms with van der Waals surface area (Å²) in [6.45, 7) is 8.87. The molecule has 6 aliphatic heterocycles. The molecular formula is C50H58N4O9S. The highest BCUT2D eigenvalue weighted by molar-refractivity contribution is 7.08. The highest BCUT2D eigenvalue weighted by atomic mass is 32.1. The van der Waals surface area contributed by atoms with Gasteiger partial charge >= 0.3 is 17.9 Å². The number of thiophene rings is 1. The maximum atomic E-state index is 15.6. The molecule has 11 rings (SSSR count). The number of carbonyl (C=O) groups is 3. The van der Waals surface area contributed by atoms with Crippen LogP contribution < -0.4 is 9.64 Å². The van der Waals surface area contributed by atoms with Crippen molar-refractivity contribution in [1.82, 2.24) is 14.8 Å². The zero-order valence-corrected chi connectivity index (χ0v) is 38.6. The molecule has 1 saturated carbocycles. The number of ether oxygens (including phenoxy) is 5. The lowest BCUT2D eigenvalue weighted by Crippen LogP contribution is -2.75. The number of methoxy groups -OCH3 is 3. The Bertz CT molecular complexity index is 2650. The minimum Gasteiger partial charge on any atom is -0.496 e. The Morgan fingerprint density at radius 2 is 1.80 bits per heavy atom. The van der Waals surface area contributed by atoms with Crippen LogP contribution in [0.4, 0.5) is 5.69 Å². The topological polar surface area (TPSA) is 146 Å². The monoisotopic (exact) mass is 890 g/mol. The number of carbonyl (C=O) groups excluding carboxylic acids is 3. The van der Waals surface area contributed by atoms with Gasteiger partial charge in [-0.15, -0.1) is 0 Å². The maximum Gasteiger partial charge on any atom is 0.347 e. The number of rotatable bonds is 8. The maximum absolute atomic E-state index is 15.6. The number of likely N-dealkylation sites (N-methyl/N-ethyl adjacent to an activating group) is 1. The van der Waals surface area contributed by atoms with Gasteiger partial charge in [0.1, 0.15) is 11.2 Å². The summed E-state index contributed by atoms with van der Waals surface area (Å²) in [4.78, 5) is 54.2. The molecule has 14 heteroatoms. The van der Waals surface area contributed by atoms with E-state index in [2.05, 4.69) is 79.9 Å². The number of esters is 3. The zero-order chi connectivity index (χ0) is 44.8. The van der Waals surface area contributed by atoms with Gasteiger partial charge in [0.25, 0.3) is 5.60 Å². The second-order valence-electron chi connectivity index (χ2n) is 19.6. The Morgan fingerprint density at radius 1 is 0.984 bits per heavy atom. The molecule has 0 radical (unpaired) electrons. The first kappa shape index (κ1) is 41.9. The number of hydrogen-bond donors (Lipinski definition) is 2. The lowest BCUT2D eigenvalue weighted by Gasteiger charge is -2.58. The van der Waals surface area contributed by atoms with E-state index in [0.717, 1.165) is 44.5 Å². The summed E-state index contributed by atoms with van der Waals surface area (Å²) >= 11 is 1.66. The first-order valence-electron chi connectivity index (χ1n) is 22.8. The highest BCUT2D eigenvalue weighted by Gasteiger charge is 2.98. The lowest BCUT2D eigenvalue weighted by molar-refractivity contribution is -0.178. The summed E-state index contributed by atoms with van der Waals surface area (Å²) < 4.78 is 31.7. The number of epoxide rings is 1. The van der Waals surface area contributed by atoms with Crippen molar-refractivity contribution in [3.8, 4) is 16.9 Å². The number of nitrogens with zero attached hydrogens (tertiary/aromatic N) is 3. The molecule has 1 aliphatic carbocycles. The van der Waals surface area contributed by atoms with Crippen molar-refractivity contribution in [2.45, 2.75) is 99.2 Å². The van der Waals surface area contributed by atoms with Crippen LogP contribution in [0.25, 0.3) is 22.0 Å². The van der Waals surface area contributed by atoms with Gasteiger partial charge in [-0.25, -0.2) is 4.79 Å². The van der Waals surface area contributed by atoms with Crippen LogP contribution >= 0.6 is 11.3 Å². The van der Waals surface area contributed by atoms with E-state index >= 15 is 4.79 Å². The van der Waals surface area contributed by atoms with Crippen molar-refractivity contribution >= 4 is 45.8 Å². The Balaban J connectivity index is 1.21. The number of benzene rings is 2. The van der Waals surface area contributed by atoms with Crippen LogP contribution in [0, 0.1) is 11.3 Å². The van der Waals surface area contributed by atoms with E-state index in [1.807, 2.05) is 20.0 Å². The molecule has 13 nitrogen and oxygen atoms in total. The van der Waals surface area contributed by atoms with Gasteiger partial charge < -0.3 is 38.7 Å². The molecule has 3 saturated heterocycles. The number of H-pyrrole nitrogens is 1. The number of aromatic nitrogens is 1. The molecule has 2 bridgehead atoms. The van der Waals surface area contributed by atoms with Gasteiger partial charge in [-0.2, -0.15) is 11.3 Å². The van der Waals surface area contributed by atoms with Crippen molar-refractivity contribution in [2.75, 3.05) is 66.0 Å². The van der Waals surface area contributed by atoms with Gasteiger partial charge in [-0.1, -0.05) is 32.1 Å². The Morgan fingerprint density at radius 3 is 2.50 bits per heavy atom. The molecule has 8 heterocycles. The quantitative estimate of drug-likeness (QED) is 0.0915. The molecule has 2 N–H and O–H groups in total. The van der Waals surface area contributed by atoms with E-state index in [-0.39, 0.29) is 12.0 Å². The molecule has 2 aromatic heterocycles. The molecular weight excluding hydrogens is 833 g/mol. The second kappa shape index (κ2) is 14.1. The van der Waals surface area contributed by atoms with Crippen LogP contribution in [-0.4, -0.2) is 128 Å². The van der Waals surface area contributed by atoms with Crippen LogP contribution in [-0.2, 0) is 50.6 Å². The van der Waals surface area contributed by atoms with Gasteiger partial charge in [-0.3, -0.25) is 19.4 Å². The summed E-state index contributed by atoms with van der Waals surface area (Å²) in [5.74, 6) is -1.12. The fraction of sp³-hybridized carbons (Fsp3) is 0.540. The second-order valence-corrected chi connectivity index (χ2v) is 20.3. The number of anilines is 1. The molecule has 2 spiro atoms. The smallest absolute Gasteiger partial charge is 0.347 e. The van der Waals surface area contributed by atoms with Crippen LogP contribution in [0.5, 0.6) is 5.75 Å². The lowest BCUT2D eigenvalue weighted by atomic mass is 9.49. The van der Waals surface area contributed by atoms with Crippen LogP contribution in [0.1, 0.15) is 75.3 Å². The number of piperidine rings is 1. The minimum absolute atomic E-state index is 0.0993. The average molecular weight is 891 g/mol. The van der Waals surface area contributed by atoms with Crippen molar-refractivity contribution in [1.29, 1.82) is 0 Å².